The van der Waals surface area contributed by atoms with Crippen molar-refractivity contribution >= 4 is 22.4 Å². The van der Waals surface area contributed by atoms with E-state index < -0.39 is 0 Å². The molecular formula is C11H14N2OS. The zero-order chi connectivity index (χ0) is 10.3. The van der Waals surface area contributed by atoms with Gasteiger partial charge in [0.25, 0.3) is 0 Å². The summed E-state index contributed by atoms with van der Waals surface area (Å²) in [6.45, 7) is 0. The zero-order valence-corrected chi connectivity index (χ0v) is 9.30. The maximum atomic E-state index is 11.9. The van der Waals surface area contributed by atoms with Crippen LogP contribution in [-0.2, 0) is 4.79 Å². The fraction of sp³-hybridized carbons (Fsp3) is 0.636. The molecular weight excluding hydrogens is 208 g/mol. The van der Waals surface area contributed by atoms with E-state index in [0.29, 0.717) is 11.8 Å². The van der Waals surface area contributed by atoms with Crippen molar-refractivity contribution in [3.8, 4) is 0 Å². The Balaban J connectivity index is 1.62. The molecule has 2 unspecified atom stereocenters. The molecule has 0 radical (unpaired) electrons. The van der Waals surface area contributed by atoms with Crippen molar-refractivity contribution in [2.45, 2.75) is 25.7 Å². The van der Waals surface area contributed by atoms with Gasteiger partial charge in [0.1, 0.15) is 0 Å². The molecule has 3 nitrogen and oxygen atoms in total. The molecule has 80 valence electrons. The first kappa shape index (κ1) is 9.33. The number of carbonyl (C=O) groups is 1. The minimum atomic E-state index is 0.196. The first-order valence-corrected chi connectivity index (χ1v) is 6.44. The van der Waals surface area contributed by atoms with Crippen molar-refractivity contribution in [3.63, 3.8) is 0 Å². The van der Waals surface area contributed by atoms with E-state index in [1.165, 1.54) is 37.0 Å². The van der Waals surface area contributed by atoms with E-state index in [2.05, 4.69) is 10.3 Å². The molecule has 1 aromatic heterocycles. The largest absolute Gasteiger partial charge is 0.302 e. The van der Waals surface area contributed by atoms with E-state index in [1.54, 1.807) is 6.20 Å². The second-order valence-electron chi connectivity index (χ2n) is 4.46. The Kier molecular flexibility index (Phi) is 2.24. The predicted molar refractivity (Wildman–Crippen MR) is 59.7 cm³/mol. The van der Waals surface area contributed by atoms with Crippen LogP contribution in [0.5, 0.6) is 0 Å². The summed E-state index contributed by atoms with van der Waals surface area (Å²) < 4.78 is 0. The van der Waals surface area contributed by atoms with Gasteiger partial charge in [-0.25, -0.2) is 4.98 Å². The molecule has 1 aromatic rings. The highest BCUT2D eigenvalue weighted by atomic mass is 32.1. The number of nitrogens with zero attached hydrogens (tertiary/aromatic N) is 1. The van der Waals surface area contributed by atoms with Crippen LogP contribution in [0, 0.1) is 17.8 Å². The first-order chi connectivity index (χ1) is 7.36. The third kappa shape index (κ3) is 1.67. The summed E-state index contributed by atoms with van der Waals surface area (Å²) in [5.74, 6) is 1.84. The van der Waals surface area contributed by atoms with Crippen LogP contribution in [0.1, 0.15) is 25.7 Å². The summed E-state index contributed by atoms with van der Waals surface area (Å²) in [6.07, 6.45) is 6.84. The second-order valence-corrected chi connectivity index (χ2v) is 5.36. The Morgan fingerprint density at radius 1 is 1.40 bits per heavy atom. The number of amides is 1. The fourth-order valence-corrected chi connectivity index (χ4v) is 3.39. The molecule has 4 heteroatoms. The maximum absolute atomic E-state index is 11.9. The number of nitrogens with one attached hydrogen (secondary N) is 1. The standard InChI is InChI=1S/C11H14N2OS/c14-10(13-11-12-5-6-15-11)9-7-3-1-2-4-8(7)9/h5-9H,1-4H2,(H,12,13,14). The van der Waals surface area contributed by atoms with Crippen LogP contribution >= 0.6 is 11.3 Å². The monoisotopic (exact) mass is 222 g/mol. The molecule has 1 heterocycles. The van der Waals surface area contributed by atoms with Crippen LogP contribution in [0.25, 0.3) is 0 Å². The number of thiazole rings is 1. The third-order valence-corrected chi connectivity index (χ3v) is 4.31. The SMILES string of the molecule is O=C(Nc1nccs1)C1C2CCCCC21. The number of anilines is 1. The smallest absolute Gasteiger partial charge is 0.229 e. The van der Waals surface area contributed by atoms with Crippen molar-refractivity contribution in [2.75, 3.05) is 5.32 Å². The molecule has 2 aliphatic carbocycles. The lowest BCUT2D eigenvalue weighted by molar-refractivity contribution is -0.117. The Bertz CT molecular complexity index is 351. The number of rotatable bonds is 2. The lowest BCUT2D eigenvalue weighted by atomic mass is 10.0. The summed E-state index contributed by atoms with van der Waals surface area (Å²) in [6, 6.07) is 0. The van der Waals surface area contributed by atoms with Crippen LogP contribution in [0.3, 0.4) is 0 Å². The second kappa shape index (κ2) is 3.59. The third-order valence-electron chi connectivity index (χ3n) is 3.62. The van der Waals surface area contributed by atoms with Gasteiger partial charge in [-0.05, 0) is 24.7 Å². The number of hydrogen-bond acceptors (Lipinski definition) is 3. The summed E-state index contributed by atoms with van der Waals surface area (Å²) in [7, 11) is 0. The molecule has 2 fully saturated rings. The van der Waals surface area contributed by atoms with E-state index in [9.17, 15) is 4.79 Å². The normalized spacial score (nSPS) is 33.2. The van der Waals surface area contributed by atoms with Gasteiger partial charge in [0.2, 0.25) is 5.91 Å². The maximum Gasteiger partial charge on any atom is 0.229 e. The van der Waals surface area contributed by atoms with E-state index in [1.807, 2.05) is 5.38 Å². The van der Waals surface area contributed by atoms with Crippen LogP contribution in [0.15, 0.2) is 11.6 Å². The lowest BCUT2D eigenvalue weighted by Crippen LogP contribution is -2.15. The van der Waals surface area contributed by atoms with Gasteiger partial charge in [-0.1, -0.05) is 12.8 Å². The van der Waals surface area contributed by atoms with Gasteiger partial charge in [0.05, 0.1) is 0 Å². The van der Waals surface area contributed by atoms with E-state index in [4.69, 9.17) is 0 Å². The summed E-state index contributed by atoms with van der Waals surface area (Å²) in [5.41, 5.74) is 0. The van der Waals surface area contributed by atoms with Crippen LogP contribution in [-0.4, -0.2) is 10.9 Å². The van der Waals surface area contributed by atoms with E-state index in [0.717, 1.165) is 5.13 Å². The number of aromatic nitrogens is 1. The average molecular weight is 222 g/mol. The topological polar surface area (TPSA) is 42.0 Å². The molecule has 0 saturated heterocycles. The molecule has 2 saturated carbocycles. The highest BCUT2D eigenvalue weighted by Crippen LogP contribution is 2.55. The fourth-order valence-electron chi connectivity index (χ4n) is 2.86. The Morgan fingerprint density at radius 3 is 2.73 bits per heavy atom. The minimum absolute atomic E-state index is 0.196. The van der Waals surface area contributed by atoms with Crippen LogP contribution in [0.2, 0.25) is 0 Å². The molecule has 0 aliphatic heterocycles. The predicted octanol–water partition coefficient (Wildman–Crippen LogP) is 2.52. The molecule has 0 aromatic carbocycles. The Morgan fingerprint density at radius 2 is 2.13 bits per heavy atom. The van der Waals surface area contributed by atoms with Crippen molar-refractivity contribution in [1.29, 1.82) is 0 Å². The molecule has 1 amide bonds. The number of hydrogen-bond donors (Lipinski definition) is 1. The quantitative estimate of drug-likeness (QED) is 0.835. The molecule has 2 atom stereocenters. The van der Waals surface area contributed by atoms with Gasteiger partial charge in [0, 0.05) is 17.5 Å². The summed E-state index contributed by atoms with van der Waals surface area (Å²) >= 11 is 1.49. The Hall–Kier alpha value is -0.900. The molecule has 0 bridgehead atoms. The van der Waals surface area contributed by atoms with Crippen LogP contribution < -0.4 is 5.32 Å². The van der Waals surface area contributed by atoms with Crippen LogP contribution in [0.4, 0.5) is 5.13 Å². The van der Waals surface area contributed by atoms with Gasteiger partial charge >= 0.3 is 0 Å². The molecule has 15 heavy (non-hydrogen) atoms. The van der Waals surface area contributed by atoms with Gasteiger partial charge in [-0.2, -0.15) is 0 Å². The van der Waals surface area contributed by atoms with Gasteiger partial charge < -0.3 is 5.32 Å². The highest BCUT2D eigenvalue weighted by Gasteiger charge is 2.54. The minimum Gasteiger partial charge on any atom is -0.302 e. The van der Waals surface area contributed by atoms with Crippen molar-refractivity contribution in [2.24, 2.45) is 17.8 Å². The Labute approximate surface area is 92.9 Å². The number of fused-ring (bicyclic) bond motifs is 1. The van der Waals surface area contributed by atoms with Crippen molar-refractivity contribution < 1.29 is 4.79 Å². The van der Waals surface area contributed by atoms with Gasteiger partial charge in [-0.15, -0.1) is 11.3 Å². The average Bonchev–Trinajstić information content (AvgIpc) is 2.77. The molecule has 3 rings (SSSR count). The summed E-state index contributed by atoms with van der Waals surface area (Å²) in [5, 5.41) is 5.53. The van der Waals surface area contributed by atoms with Gasteiger partial charge in [0.15, 0.2) is 5.13 Å². The zero-order valence-electron chi connectivity index (χ0n) is 8.48. The van der Waals surface area contributed by atoms with E-state index >= 15 is 0 Å². The number of carbonyl (C=O) groups excluding carboxylic acids is 1. The molecule has 1 N–H and O–H groups in total. The summed E-state index contributed by atoms with van der Waals surface area (Å²) in [4.78, 5) is 16.0. The van der Waals surface area contributed by atoms with E-state index in [-0.39, 0.29) is 11.8 Å². The van der Waals surface area contributed by atoms with Crippen molar-refractivity contribution in [3.05, 3.63) is 11.6 Å². The molecule has 0 spiro atoms. The molecule has 2 aliphatic rings. The first-order valence-electron chi connectivity index (χ1n) is 5.56. The van der Waals surface area contributed by atoms with Gasteiger partial charge in [-0.3, -0.25) is 4.79 Å². The van der Waals surface area contributed by atoms with Crippen molar-refractivity contribution in [1.82, 2.24) is 4.98 Å². The lowest BCUT2D eigenvalue weighted by Gasteiger charge is -2.04. The highest BCUT2D eigenvalue weighted by molar-refractivity contribution is 7.13.